The summed E-state index contributed by atoms with van der Waals surface area (Å²) in [5.41, 5.74) is 2.10. The van der Waals surface area contributed by atoms with Crippen LogP contribution in [0.3, 0.4) is 0 Å². The van der Waals surface area contributed by atoms with Crippen molar-refractivity contribution < 1.29 is 17.7 Å². The normalized spacial score (nSPS) is 15.4. The van der Waals surface area contributed by atoms with Crippen molar-refractivity contribution in [2.75, 3.05) is 18.4 Å². The number of nitrogens with zero attached hydrogens (tertiary/aromatic N) is 2. The Morgan fingerprint density at radius 2 is 1.61 bits per heavy atom. The van der Waals surface area contributed by atoms with E-state index < -0.39 is 10.0 Å². The molecule has 162 valence electrons. The van der Waals surface area contributed by atoms with Gasteiger partial charge in [0.15, 0.2) is 0 Å². The highest BCUT2D eigenvalue weighted by Crippen LogP contribution is 2.27. The number of carbonyl (C=O) groups is 1. The van der Waals surface area contributed by atoms with Crippen LogP contribution < -0.4 is 5.32 Å². The highest BCUT2D eigenvalue weighted by Gasteiger charge is 2.25. The number of nitrogens with one attached hydrogen (secondary N) is 1. The van der Waals surface area contributed by atoms with Crippen LogP contribution in [0.4, 0.5) is 5.69 Å². The molecule has 2 heterocycles. The Bertz CT molecular complexity index is 1150. The van der Waals surface area contributed by atoms with Gasteiger partial charge in [0.25, 0.3) is 5.91 Å². The maximum Gasteiger partial charge on any atom is 0.261 e. The number of anilines is 1. The zero-order chi connectivity index (χ0) is 21.8. The second kappa shape index (κ2) is 9.03. The molecule has 8 heteroatoms. The Morgan fingerprint density at radius 3 is 2.26 bits per heavy atom. The van der Waals surface area contributed by atoms with E-state index in [1.165, 1.54) is 12.1 Å². The number of rotatable bonds is 5. The third-order valence-corrected chi connectivity index (χ3v) is 7.36. The van der Waals surface area contributed by atoms with Gasteiger partial charge in [-0.15, -0.1) is 0 Å². The van der Waals surface area contributed by atoms with Crippen molar-refractivity contribution in [2.24, 2.45) is 0 Å². The summed E-state index contributed by atoms with van der Waals surface area (Å²) in [7, 11) is -3.53. The van der Waals surface area contributed by atoms with Crippen LogP contribution >= 0.6 is 0 Å². The zero-order valence-electron chi connectivity index (χ0n) is 17.4. The van der Waals surface area contributed by atoms with Crippen molar-refractivity contribution in [2.45, 2.75) is 37.5 Å². The van der Waals surface area contributed by atoms with Gasteiger partial charge in [-0.1, -0.05) is 48.3 Å². The summed E-state index contributed by atoms with van der Waals surface area (Å²) in [6, 6.07) is 15.6. The molecule has 7 nitrogen and oxygen atoms in total. The van der Waals surface area contributed by atoms with Gasteiger partial charge in [0.05, 0.1) is 4.90 Å². The van der Waals surface area contributed by atoms with E-state index in [-0.39, 0.29) is 10.8 Å². The van der Waals surface area contributed by atoms with Crippen molar-refractivity contribution in [3.63, 3.8) is 0 Å². The molecule has 1 aliphatic rings. The molecule has 0 aliphatic carbocycles. The number of hydrogen-bond acceptors (Lipinski definition) is 5. The molecule has 1 amide bonds. The average molecular weight is 440 g/mol. The van der Waals surface area contributed by atoms with Crippen LogP contribution in [0, 0.1) is 6.92 Å². The maximum absolute atomic E-state index is 12.9. The fourth-order valence-electron chi connectivity index (χ4n) is 3.77. The molecule has 1 aromatic heterocycles. The molecule has 0 atom stereocenters. The first-order valence-corrected chi connectivity index (χ1v) is 11.8. The quantitative estimate of drug-likeness (QED) is 0.633. The van der Waals surface area contributed by atoms with Crippen LogP contribution in [-0.2, 0) is 10.0 Å². The number of amides is 1. The van der Waals surface area contributed by atoms with Crippen molar-refractivity contribution in [1.29, 1.82) is 0 Å². The summed E-state index contributed by atoms with van der Waals surface area (Å²) in [5, 5.41) is 6.85. The molecule has 1 N–H and O–H groups in total. The van der Waals surface area contributed by atoms with Gasteiger partial charge in [-0.25, -0.2) is 8.42 Å². The predicted octanol–water partition coefficient (Wildman–Crippen LogP) is 4.47. The molecule has 1 saturated heterocycles. The van der Waals surface area contributed by atoms with Gasteiger partial charge in [-0.2, -0.15) is 4.31 Å². The van der Waals surface area contributed by atoms with Crippen LogP contribution in [0.5, 0.6) is 0 Å². The van der Waals surface area contributed by atoms with Gasteiger partial charge in [0.2, 0.25) is 10.0 Å². The van der Waals surface area contributed by atoms with E-state index in [2.05, 4.69) is 10.5 Å². The molecule has 0 bridgehead atoms. The van der Waals surface area contributed by atoms with Crippen LogP contribution in [0.15, 0.2) is 64.0 Å². The standard InChI is InChI=1S/C23H25N3O4S/c1-17-21(22(25-30-17)18-9-5-4-6-10-18)23(27)24-19-11-13-20(14-12-19)31(28,29)26-15-7-2-3-8-16-26/h4-6,9-14H,2-3,7-8,15-16H2,1H3,(H,24,27). The first kappa shape index (κ1) is 21.3. The highest BCUT2D eigenvalue weighted by atomic mass is 32.2. The highest BCUT2D eigenvalue weighted by molar-refractivity contribution is 7.89. The number of hydrogen-bond donors (Lipinski definition) is 1. The fraction of sp³-hybridized carbons (Fsp3) is 0.304. The molecule has 1 fully saturated rings. The van der Waals surface area contributed by atoms with Crippen molar-refractivity contribution in [3.8, 4) is 11.3 Å². The second-order valence-electron chi connectivity index (χ2n) is 7.63. The van der Waals surface area contributed by atoms with Gasteiger partial charge in [-0.05, 0) is 44.0 Å². The van der Waals surface area contributed by atoms with Gasteiger partial charge < -0.3 is 9.84 Å². The zero-order valence-corrected chi connectivity index (χ0v) is 18.2. The summed E-state index contributed by atoms with van der Waals surface area (Å²) < 4.78 is 32.7. The number of carbonyl (C=O) groups excluding carboxylic acids is 1. The first-order valence-electron chi connectivity index (χ1n) is 10.4. The predicted molar refractivity (Wildman–Crippen MR) is 118 cm³/mol. The molecule has 4 rings (SSSR count). The van der Waals surface area contributed by atoms with Gasteiger partial charge in [0, 0.05) is 24.3 Å². The third kappa shape index (κ3) is 4.55. The van der Waals surface area contributed by atoms with E-state index in [0.29, 0.717) is 35.8 Å². The Labute approximate surface area is 182 Å². The van der Waals surface area contributed by atoms with Crippen LogP contribution in [0.25, 0.3) is 11.3 Å². The fourth-order valence-corrected chi connectivity index (χ4v) is 5.28. The third-order valence-electron chi connectivity index (χ3n) is 5.45. The summed E-state index contributed by atoms with van der Waals surface area (Å²) in [4.78, 5) is 13.2. The molecule has 1 aliphatic heterocycles. The molecular formula is C23H25N3O4S. The second-order valence-corrected chi connectivity index (χ2v) is 9.56. The van der Waals surface area contributed by atoms with E-state index in [4.69, 9.17) is 4.52 Å². The lowest BCUT2D eigenvalue weighted by molar-refractivity contribution is 0.102. The molecule has 2 aromatic carbocycles. The number of benzene rings is 2. The minimum Gasteiger partial charge on any atom is -0.360 e. The Morgan fingerprint density at radius 1 is 0.968 bits per heavy atom. The number of aromatic nitrogens is 1. The van der Waals surface area contributed by atoms with Gasteiger partial charge >= 0.3 is 0 Å². The number of aryl methyl sites for hydroxylation is 1. The summed E-state index contributed by atoms with van der Waals surface area (Å²) in [6.07, 6.45) is 3.89. The Balaban J connectivity index is 1.53. The lowest BCUT2D eigenvalue weighted by Crippen LogP contribution is -2.31. The molecule has 31 heavy (non-hydrogen) atoms. The summed E-state index contributed by atoms with van der Waals surface area (Å²) in [6.45, 7) is 2.79. The smallest absolute Gasteiger partial charge is 0.261 e. The Hall–Kier alpha value is -2.97. The minimum absolute atomic E-state index is 0.235. The lowest BCUT2D eigenvalue weighted by Gasteiger charge is -2.20. The van der Waals surface area contributed by atoms with E-state index in [1.807, 2.05) is 30.3 Å². The molecule has 0 saturated carbocycles. The molecule has 0 spiro atoms. The lowest BCUT2D eigenvalue weighted by atomic mass is 10.1. The van der Waals surface area contributed by atoms with Crippen LogP contribution in [0.1, 0.15) is 41.8 Å². The van der Waals surface area contributed by atoms with E-state index in [1.54, 1.807) is 23.4 Å². The van der Waals surface area contributed by atoms with Crippen LogP contribution in [0.2, 0.25) is 0 Å². The number of sulfonamides is 1. The molecule has 3 aromatic rings. The van der Waals surface area contributed by atoms with Crippen molar-refractivity contribution in [3.05, 3.63) is 65.9 Å². The monoisotopic (exact) mass is 439 g/mol. The summed E-state index contributed by atoms with van der Waals surface area (Å²) >= 11 is 0. The largest absolute Gasteiger partial charge is 0.360 e. The average Bonchev–Trinajstić information content (AvgIpc) is 2.98. The molecular weight excluding hydrogens is 414 g/mol. The van der Waals surface area contributed by atoms with Crippen molar-refractivity contribution >= 4 is 21.6 Å². The maximum atomic E-state index is 12.9. The summed E-state index contributed by atoms with van der Waals surface area (Å²) in [5.74, 6) is 0.0532. The van der Waals surface area contributed by atoms with Crippen molar-refractivity contribution in [1.82, 2.24) is 9.46 Å². The van der Waals surface area contributed by atoms with Gasteiger partial charge in [0.1, 0.15) is 17.0 Å². The SMILES string of the molecule is Cc1onc(-c2ccccc2)c1C(=O)Nc1ccc(S(=O)(=O)N2CCCCCC2)cc1. The molecule has 0 radical (unpaired) electrons. The van der Waals surface area contributed by atoms with E-state index >= 15 is 0 Å². The van der Waals surface area contributed by atoms with E-state index in [9.17, 15) is 13.2 Å². The molecule has 0 unspecified atom stereocenters. The van der Waals surface area contributed by atoms with E-state index in [0.717, 1.165) is 31.2 Å². The first-order chi connectivity index (χ1) is 15.0. The van der Waals surface area contributed by atoms with Gasteiger partial charge in [-0.3, -0.25) is 4.79 Å². The topological polar surface area (TPSA) is 92.5 Å². The Kier molecular flexibility index (Phi) is 6.20. The van der Waals surface area contributed by atoms with Crippen LogP contribution in [-0.4, -0.2) is 36.9 Å². The minimum atomic E-state index is -3.53.